The van der Waals surface area contributed by atoms with Gasteiger partial charge in [0, 0.05) is 6.42 Å². The number of nitriles is 1. The summed E-state index contributed by atoms with van der Waals surface area (Å²) in [4.78, 5) is 22.8. The van der Waals surface area contributed by atoms with Gasteiger partial charge in [-0.15, -0.1) is 0 Å². The van der Waals surface area contributed by atoms with Gasteiger partial charge < -0.3 is 10.6 Å². The predicted octanol–water partition coefficient (Wildman–Crippen LogP) is 0.567. The highest BCUT2D eigenvalue weighted by Gasteiger charge is 2.20. The van der Waals surface area contributed by atoms with Gasteiger partial charge in [-0.1, -0.05) is 20.8 Å². The lowest BCUT2D eigenvalue weighted by molar-refractivity contribution is -0.129. The molecule has 2 amide bonds. The van der Waals surface area contributed by atoms with E-state index in [-0.39, 0.29) is 18.4 Å². The van der Waals surface area contributed by atoms with Crippen LogP contribution in [0.4, 0.5) is 0 Å². The topological polar surface area (TPSA) is 82.0 Å². The van der Waals surface area contributed by atoms with Gasteiger partial charge in [-0.05, 0) is 12.3 Å². The molecular weight excluding hydrogens is 206 g/mol. The molecule has 0 fully saturated rings. The van der Waals surface area contributed by atoms with Crippen LogP contribution in [0.2, 0.25) is 0 Å². The third-order valence-electron chi connectivity index (χ3n) is 2.02. The smallest absolute Gasteiger partial charge is 0.243 e. The summed E-state index contributed by atoms with van der Waals surface area (Å²) in [6.07, 6.45) is 0.920. The molecule has 0 bridgehead atoms. The Morgan fingerprint density at radius 3 is 2.44 bits per heavy atom. The van der Waals surface area contributed by atoms with E-state index in [1.54, 1.807) is 6.92 Å². The van der Waals surface area contributed by atoms with Crippen molar-refractivity contribution < 1.29 is 9.59 Å². The summed E-state index contributed by atoms with van der Waals surface area (Å²) < 4.78 is 0. The molecule has 1 unspecified atom stereocenters. The monoisotopic (exact) mass is 225 g/mol. The molecule has 0 aliphatic heterocycles. The van der Waals surface area contributed by atoms with E-state index in [9.17, 15) is 9.59 Å². The van der Waals surface area contributed by atoms with E-state index in [2.05, 4.69) is 10.6 Å². The Labute approximate surface area is 96.2 Å². The molecule has 0 aromatic rings. The van der Waals surface area contributed by atoms with Crippen LogP contribution in [0, 0.1) is 17.2 Å². The molecule has 5 nitrogen and oxygen atoms in total. The SMILES string of the molecule is CCC(=O)NC(CC(C)C)C(=O)NCC#N. The lowest BCUT2D eigenvalue weighted by atomic mass is 10.0. The van der Waals surface area contributed by atoms with Gasteiger partial charge in [-0.25, -0.2) is 0 Å². The van der Waals surface area contributed by atoms with E-state index in [4.69, 9.17) is 5.26 Å². The van der Waals surface area contributed by atoms with Crippen molar-refractivity contribution in [3.63, 3.8) is 0 Å². The molecule has 0 saturated heterocycles. The molecule has 16 heavy (non-hydrogen) atoms. The summed E-state index contributed by atoms with van der Waals surface area (Å²) in [7, 11) is 0. The maximum Gasteiger partial charge on any atom is 0.243 e. The summed E-state index contributed by atoms with van der Waals surface area (Å²) in [5.74, 6) is -0.148. The fourth-order valence-corrected chi connectivity index (χ4v) is 1.25. The van der Waals surface area contributed by atoms with Crippen LogP contribution in [-0.2, 0) is 9.59 Å². The minimum Gasteiger partial charge on any atom is -0.344 e. The summed E-state index contributed by atoms with van der Waals surface area (Å²) in [5.41, 5.74) is 0. The fourth-order valence-electron chi connectivity index (χ4n) is 1.25. The molecule has 0 saturated carbocycles. The molecule has 0 rings (SSSR count). The maximum atomic E-state index is 11.6. The van der Waals surface area contributed by atoms with Crippen LogP contribution in [0.3, 0.4) is 0 Å². The summed E-state index contributed by atoms with van der Waals surface area (Å²) in [6.45, 7) is 5.65. The Morgan fingerprint density at radius 1 is 1.38 bits per heavy atom. The highest BCUT2D eigenvalue weighted by Crippen LogP contribution is 2.05. The van der Waals surface area contributed by atoms with Crippen molar-refractivity contribution in [2.24, 2.45) is 5.92 Å². The largest absolute Gasteiger partial charge is 0.344 e. The van der Waals surface area contributed by atoms with Crippen LogP contribution in [0.25, 0.3) is 0 Å². The Morgan fingerprint density at radius 2 is 2.00 bits per heavy atom. The zero-order chi connectivity index (χ0) is 12.6. The van der Waals surface area contributed by atoms with Crippen LogP contribution in [0.5, 0.6) is 0 Å². The lowest BCUT2D eigenvalue weighted by Crippen LogP contribution is -2.47. The Balaban J connectivity index is 4.35. The number of nitrogens with one attached hydrogen (secondary N) is 2. The zero-order valence-corrected chi connectivity index (χ0v) is 10.0. The normalized spacial score (nSPS) is 11.7. The molecular formula is C11H19N3O2. The Kier molecular flexibility index (Phi) is 6.93. The average molecular weight is 225 g/mol. The minimum atomic E-state index is -0.541. The van der Waals surface area contributed by atoms with Crippen molar-refractivity contribution in [2.45, 2.75) is 39.7 Å². The average Bonchev–Trinajstić information content (AvgIpc) is 2.24. The van der Waals surface area contributed by atoms with Gasteiger partial charge in [0.1, 0.15) is 12.6 Å². The van der Waals surface area contributed by atoms with Crippen molar-refractivity contribution in [2.75, 3.05) is 6.54 Å². The van der Waals surface area contributed by atoms with Gasteiger partial charge in [0.15, 0.2) is 0 Å². The van der Waals surface area contributed by atoms with Crippen LogP contribution in [-0.4, -0.2) is 24.4 Å². The summed E-state index contributed by atoms with van der Waals surface area (Å²) in [6, 6.07) is 1.29. The molecule has 90 valence electrons. The molecule has 5 heteroatoms. The first kappa shape index (κ1) is 14.4. The first-order valence-electron chi connectivity index (χ1n) is 5.45. The number of carbonyl (C=O) groups excluding carboxylic acids is 2. The van der Waals surface area contributed by atoms with Crippen LogP contribution in [0.1, 0.15) is 33.6 Å². The molecule has 0 aliphatic carbocycles. The predicted molar refractivity (Wildman–Crippen MR) is 60.3 cm³/mol. The van der Waals surface area contributed by atoms with E-state index in [0.29, 0.717) is 18.8 Å². The van der Waals surface area contributed by atoms with E-state index in [0.717, 1.165) is 0 Å². The summed E-state index contributed by atoms with van der Waals surface area (Å²) >= 11 is 0. The van der Waals surface area contributed by atoms with Gasteiger partial charge in [0.25, 0.3) is 0 Å². The second kappa shape index (κ2) is 7.69. The first-order valence-corrected chi connectivity index (χ1v) is 5.45. The molecule has 0 aromatic carbocycles. The Bertz CT molecular complexity index is 281. The van der Waals surface area contributed by atoms with E-state index in [1.807, 2.05) is 19.9 Å². The van der Waals surface area contributed by atoms with E-state index >= 15 is 0 Å². The number of nitrogens with zero attached hydrogens (tertiary/aromatic N) is 1. The zero-order valence-electron chi connectivity index (χ0n) is 10.0. The van der Waals surface area contributed by atoms with Gasteiger partial charge in [0.2, 0.25) is 11.8 Å². The highest BCUT2D eigenvalue weighted by molar-refractivity contribution is 5.87. The second-order valence-electron chi connectivity index (χ2n) is 3.98. The number of hydrogen-bond donors (Lipinski definition) is 2. The van der Waals surface area contributed by atoms with E-state index < -0.39 is 6.04 Å². The van der Waals surface area contributed by atoms with Gasteiger partial charge in [0.05, 0.1) is 6.07 Å². The van der Waals surface area contributed by atoms with Crippen LogP contribution in [0.15, 0.2) is 0 Å². The molecule has 0 heterocycles. The lowest BCUT2D eigenvalue weighted by Gasteiger charge is -2.19. The molecule has 2 N–H and O–H groups in total. The summed E-state index contributed by atoms with van der Waals surface area (Å²) in [5, 5.41) is 13.5. The second-order valence-corrected chi connectivity index (χ2v) is 3.98. The Hall–Kier alpha value is -1.57. The van der Waals surface area contributed by atoms with E-state index in [1.165, 1.54) is 0 Å². The molecule has 0 aromatic heterocycles. The van der Waals surface area contributed by atoms with Crippen molar-refractivity contribution in [3.05, 3.63) is 0 Å². The van der Waals surface area contributed by atoms with Crippen molar-refractivity contribution in [3.8, 4) is 6.07 Å². The molecule has 0 spiro atoms. The van der Waals surface area contributed by atoms with Gasteiger partial charge in [-0.2, -0.15) is 5.26 Å². The van der Waals surface area contributed by atoms with Crippen LogP contribution >= 0.6 is 0 Å². The third kappa shape index (κ3) is 6.02. The quantitative estimate of drug-likeness (QED) is 0.648. The molecule has 0 aliphatic rings. The number of carbonyl (C=O) groups is 2. The molecule has 1 atom stereocenters. The standard InChI is InChI=1S/C11H19N3O2/c1-4-10(15)14-9(7-8(2)3)11(16)13-6-5-12/h8-9H,4,6-7H2,1-3H3,(H,13,16)(H,14,15). The number of rotatable bonds is 6. The van der Waals surface area contributed by atoms with Gasteiger partial charge in [-0.3, -0.25) is 9.59 Å². The fraction of sp³-hybridized carbons (Fsp3) is 0.727. The van der Waals surface area contributed by atoms with Crippen molar-refractivity contribution in [1.29, 1.82) is 5.26 Å². The molecule has 0 radical (unpaired) electrons. The maximum absolute atomic E-state index is 11.6. The number of hydrogen-bond acceptors (Lipinski definition) is 3. The first-order chi connectivity index (χ1) is 7.51. The van der Waals surface area contributed by atoms with Crippen LogP contribution < -0.4 is 10.6 Å². The van der Waals surface area contributed by atoms with Gasteiger partial charge >= 0.3 is 0 Å². The highest BCUT2D eigenvalue weighted by atomic mass is 16.2. The van der Waals surface area contributed by atoms with Crippen molar-refractivity contribution >= 4 is 11.8 Å². The minimum absolute atomic E-state index is 0.0323. The van der Waals surface area contributed by atoms with Crippen molar-refractivity contribution in [1.82, 2.24) is 10.6 Å². The number of amides is 2. The third-order valence-corrected chi connectivity index (χ3v) is 2.02.